The van der Waals surface area contributed by atoms with Gasteiger partial charge in [-0.2, -0.15) is 0 Å². The summed E-state index contributed by atoms with van der Waals surface area (Å²) in [5, 5.41) is 3.44. The van der Waals surface area contributed by atoms with Gasteiger partial charge >= 0.3 is 0 Å². The van der Waals surface area contributed by atoms with Gasteiger partial charge in [-0.1, -0.05) is 37.3 Å². The van der Waals surface area contributed by atoms with Gasteiger partial charge in [0, 0.05) is 0 Å². The third kappa shape index (κ3) is 3.21. The van der Waals surface area contributed by atoms with E-state index in [1.807, 2.05) is 25.1 Å². The minimum absolute atomic E-state index is 0.0422. The molecule has 0 radical (unpaired) electrons. The predicted octanol–water partition coefficient (Wildman–Crippen LogP) is 4.14. The molecule has 2 aromatic rings. The molecule has 0 aliphatic rings. The van der Waals surface area contributed by atoms with Crippen LogP contribution in [0.3, 0.4) is 0 Å². The molecule has 0 aliphatic heterocycles. The molecule has 2 aromatic carbocycles. The highest BCUT2D eigenvalue weighted by molar-refractivity contribution is 5.38. The fraction of sp³-hybridized carbons (Fsp3) is 0.294. The van der Waals surface area contributed by atoms with Crippen molar-refractivity contribution in [1.82, 2.24) is 5.32 Å². The molecule has 0 spiro atoms. The Kier molecular flexibility index (Phi) is 4.33. The zero-order chi connectivity index (χ0) is 13.8. The summed E-state index contributed by atoms with van der Waals surface area (Å²) in [4.78, 5) is 0. The molecule has 19 heavy (non-hydrogen) atoms. The first kappa shape index (κ1) is 13.8. The van der Waals surface area contributed by atoms with Crippen molar-refractivity contribution in [2.45, 2.75) is 26.8 Å². The van der Waals surface area contributed by atoms with Crippen molar-refractivity contribution >= 4 is 0 Å². The smallest absolute Gasteiger partial charge is 0.123 e. The summed E-state index contributed by atoms with van der Waals surface area (Å²) < 4.78 is 13.6. The van der Waals surface area contributed by atoms with Crippen molar-refractivity contribution in [2.75, 3.05) is 6.54 Å². The number of hydrogen-bond acceptors (Lipinski definition) is 1. The molecule has 0 amide bonds. The van der Waals surface area contributed by atoms with Crippen LogP contribution in [-0.2, 0) is 0 Å². The van der Waals surface area contributed by atoms with Crippen molar-refractivity contribution in [3.05, 3.63) is 70.5 Å². The van der Waals surface area contributed by atoms with Crippen molar-refractivity contribution in [2.24, 2.45) is 0 Å². The van der Waals surface area contributed by atoms with E-state index in [0.29, 0.717) is 0 Å². The third-order valence-corrected chi connectivity index (χ3v) is 3.31. The first-order valence-electron chi connectivity index (χ1n) is 6.68. The Morgan fingerprint density at radius 2 is 1.84 bits per heavy atom. The van der Waals surface area contributed by atoms with Gasteiger partial charge in [-0.3, -0.25) is 0 Å². The number of hydrogen-bond donors (Lipinski definition) is 1. The molecule has 1 N–H and O–H groups in total. The van der Waals surface area contributed by atoms with Gasteiger partial charge in [0.2, 0.25) is 0 Å². The van der Waals surface area contributed by atoms with Crippen molar-refractivity contribution in [1.29, 1.82) is 0 Å². The summed E-state index contributed by atoms with van der Waals surface area (Å²) in [6.07, 6.45) is 0. The molecule has 100 valence electrons. The van der Waals surface area contributed by atoms with E-state index in [9.17, 15) is 4.39 Å². The highest BCUT2D eigenvalue weighted by Crippen LogP contribution is 2.26. The Bertz CT molecular complexity index is 543. The molecule has 1 nitrogen and oxygen atoms in total. The molecular weight excluding hydrogens is 237 g/mol. The maximum atomic E-state index is 13.6. The molecule has 1 unspecified atom stereocenters. The lowest BCUT2D eigenvalue weighted by Crippen LogP contribution is -2.23. The Morgan fingerprint density at radius 1 is 1.11 bits per heavy atom. The van der Waals surface area contributed by atoms with Gasteiger partial charge in [0.1, 0.15) is 5.82 Å². The van der Waals surface area contributed by atoms with E-state index in [4.69, 9.17) is 0 Å². The lowest BCUT2D eigenvalue weighted by molar-refractivity contribution is 0.600. The van der Waals surface area contributed by atoms with Gasteiger partial charge in [-0.25, -0.2) is 4.39 Å². The average molecular weight is 257 g/mol. The number of halogens is 1. The van der Waals surface area contributed by atoms with E-state index in [-0.39, 0.29) is 11.9 Å². The van der Waals surface area contributed by atoms with Crippen LogP contribution in [0.5, 0.6) is 0 Å². The van der Waals surface area contributed by atoms with Crippen LogP contribution in [0, 0.1) is 19.7 Å². The maximum Gasteiger partial charge on any atom is 0.123 e. The van der Waals surface area contributed by atoms with Crippen LogP contribution in [-0.4, -0.2) is 6.54 Å². The van der Waals surface area contributed by atoms with E-state index in [1.54, 1.807) is 12.1 Å². The molecular formula is C17H20FN. The van der Waals surface area contributed by atoms with Crippen LogP contribution in [0.1, 0.15) is 35.2 Å². The van der Waals surface area contributed by atoms with Crippen LogP contribution in [0.15, 0.2) is 42.5 Å². The molecule has 2 heteroatoms. The number of benzene rings is 2. The SMILES string of the molecule is CCNC(c1cc(C)cc(F)c1)c1ccccc1C. The van der Waals surface area contributed by atoms with E-state index in [1.165, 1.54) is 11.1 Å². The zero-order valence-corrected chi connectivity index (χ0v) is 11.7. The predicted molar refractivity (Wildman–Crippen MR) is 77.8 cm³/mol. The van der Waals surface area contributed by atoms with Crippen LogP contribution >= 0.6 is 0 Å². The second-order valence-corrected chi connectivity index (χ2v) is 4.91. The van der Waals surface area contributed by atoms with E-state index in [0.717, 1.165) is 17.7 Å². The van der Waals surface area contributed by atoms with Crippen LogP contribution in [0.2, 0.25) is 0 Å². The summed E-state index contributed by atoms with van der Waals surface area (Å²) in [6.45, 7) is 6.92. The third-order valence-electron chi connectivity index (χ3n) is 3.31. The van der Waals surface area contributed by atoms with Crippen LogP contribution in [0.4, 0.5) is 4.39 Å². The minimum atomic E-state index is -0.175. The first-order chi connectivity index (χ1) is 9.11. The second kappa shape index (κ2) is 5.98. The van der Waals surface area contributed by atoms with Crippen LogP contribution < -0.4 is 5.32 Å². The van der Waals surface area contributed by atoms with Gasteiger partial charge in [-0.15, -0.1) is 0 Å². The first-order valence-corrected chi connectivity index (χ1v) is 6.68. The molecule has 2 rings (SSSR count). The molecule has 1 atom stereocenters. The summed E-state index contributed by atoms with van der Waals surface area (Å²) >= 11 is 0. The van der Waals surface area contributed by atoms with Gasteiger partial charge in [0.15, 0.2) is 0 Å². The molecule has 0 saturated carbocycles. The quantitative estimate of drug-likeness (QED) is 0.868. The van der Waals surface area contributed by atoms with Crippen molar-refractivity contribution in [3.8, 4) is 0 Å². The zero-order valence-electron chi connectivity index (χ0n) is 11.7. The van der Waals surface area contributed by atoms with Gasteiger partial charge in [0.25, 0.3) is 0 Å². The highest BCUT2D eigenvalue weighted by Gasteiger charge is 2.15. The lowest BCUT2D eigenvalue weighted by atomic mass is 9.94. The fourth-order valence-corrected chi connectivity index (χ4v) is 2.45. The lowest BCUT2D eigenvalue weighted by Gasteiger charge is -2.21. The van der Waals surface area contributed by atoms with Crippen molar-refractivity contribution in [3.63, 3.8) is 0 Å². The second-order valence-electron chi connectivity index (χ2n) is 4.91. The molecule has 0 fully saturated rings. The van der Waals surface area contributed by atoms with Gasteiger partial charge < -0.3 is 5.32 Å². The Hall–Kier alpha value is -1.67. The highest BCUT2D eigenvalue weighted by atomic mass is 19.1. The Labute approximate surface area is 114 Å². The summed E-state index contributed by atoms with van der Waals surface area (Å²) in [5.74, 6) is -0.175. The maximum absolute atomic E-state index is 13.6. The van der Waals surface area contributed by atoms with Crippen molar-refractivity contribution < 1.29 is 4.39 Å². The largest absolute Gasteiger partial charge is 0.307 e. The molecule has 0 heterocycles. The average Bonchev–Trinajstić information content (AvgIpc) is 2.36. The molecule has 0 aromatic heterocycles. The minimum Gasteiger partial charge on any atom is -0.307 e. The number of aryl methyl sites for hydroxylation is 2. The van der Waals surface area contributed by atoms with E-state index in [2.05, 4.69) is 31.3 Å². The molecule has 0 saturated heterocycles. The van der Waals surface area contributed by atoms with Gasteiger partial charge in [-0.05, 0) is 54.8 Å². The van der Waals surface area contributed by atoms with Crippen LogP contribution in [0.25, 0.3) is 0 Å². The van der Waals surface area contributed by atoms with E-state index >= 15 is 0 Å². The van der Waals surface area contributed by atoms with Gasteiger partial charge in [0.05, 0.1) is 6.04 Å². The monoisotopic (exact) mass is 257 g/mol. The van der Waals surface area contributed by atoms with E-state index < -0.39 is 0 Å². The Morgan fingerprint density at radius 3 is 2.47 bits per heavy atom. The summed E-state index contributed by atoms with van der Waals surface area (Å²) in [5.41, 5.74) is 4.35. The number of nitrogens with one attached hydrogen (secondary N) is 1. The molecule has 0 aliphatic carbocycles. The summed E-state index contributed by atoms with van der Waals surface area (Å²) in [6, 6.07) is 13.5. The Balaban J connectivity index is 2.48. The summed E-state index contributed by atoms with van der Waals surface area (Å²) in [7, 11) is 0. The fourth-order valence-electron chi connectivity index (χ4n) is 2.45. The topological polar surface area (TPSA) is 12.0 Å². The molecule has 0 bridgehead atoms. The number of rotatable bonds is 4. The standard InChI is InChI=1S/C17H20FN/c1-4-19-17(16-8-6-5-7-13(16)3)14-9-12(2)10-15(18)11-14/h5-11,17,19H,4H2,1-3H3. The normalized spacial score (nSPS) is 12.4.